The molecule has 0 aliphatic heterocycles. The van der Waals surface area contributed by atoms with Crippen molar-refractivity contribution in [3.05, 3.63) is 36.3 Å². The van der Waals surface area contributed by atoms with Crippen LogP contribution < -0.4 is 0 Å². The largest absolute Gasteiger partial charge is 0.481 e. The first-order chi connectivity index (χ1) is 7.16. The van der Waals surface area contributed by atoms with E-state index in [0.29, 0.717) is 11.3 Å². The highest BCUT2D eigenvalue weighted by Gasteiger charge is 2.15. The molecule has 2 N–H and O–H groups in total. The van der Waals surface area contributed by atoms with Crippen LogP contribution in [0.3, 0.4) is 0 Å². The van der Waals surface area contributed by atoms with Crippen molar-refractivity contribution in [3.8, 4) is 0 Å². The van der Waals surface area contributed by atoms with Crippen molar-refractivity contribution in [3.63, 3.8) is 0 Å². The Morgan fingerprint density at radius 2 is 2.33 bits per heavy atom. The van der Waals surface area contributed by atoms with Crippen molar-refractivity contribution in [2.45, 2.75) is 12.5 Å². The van der Waals surface area contributed by atoms with E-state index >= 15 is 0 Å². The molecule has 0 saturated carbocycles. The minimum absolute atomic E-state index is 0.329. The van der Waals surface area contributed by atoms with Crippen molar-refractivity contribution in [2.24, 2.45) is 0 Å². The summed E-state index contributed by atoms with van der Waals surface area (Å²) in [6, 6.07) is 5.45. The van der Waals surface area contributed by atoms with Crippen LogP contribution in [0.2, 0.25) is 0 Å². The minimum atomic E-state index is -1.05. The van der Waals surface area contributed by atoms with Gasteiger partial charge < -0.3 is 14.6 Å². The zero-order chi connectivity index (χ0) is 10.8. The number of carbonyl (C=O) groups is 1. The molecule has 0 aromatic carbocycles. The third-order valence-corrected chi connectivity index (χ3v) is 2.09. The molecule has 0 radical (unpaired) electrons. The molecule has 0 aliphatic rings. The van der Waals surface area contributed by atoms with E-state index in [1.165, 1.54) is 0 Å². The molecule has 2 aromatic heterocycles. The SMILES string of the molecule is O=C(O)C[C@@H](O)c1cn2ccccc2n1. The molecule has 1 atom stereocenters. The highest BCUT2D eigenvalue weighted by Crippen LogP contribution is 2.16. The maximum atomic E-state index is 10.4. The molecule has 0 fully saturated rings. The van der Waals surface area contributed by atoms with Gasteiger partial charge in [0.2, 0.25) is 0 Å². The number of aliphatic hydroxyl groups is 1. The molecule has 2 aromatic rings. The van der Waals surface area contributed by atoms with Crippen LogP contribution >= 0.6 is 0 Å². The molecular formula is C10H10N2O3. The van der Waals surface area contributed by atoms with Gasteiger partial charge in [-0.1, -0.05) is 6.07 Å². The van der Waals surface area contributed by atoms with Crippen molar-refractivity contribution in [2.75, 3.05) is 0 Å². The second-order valence-corrected chi connectivity index (χ2v) is 3.25. The predicted octanol–water partition coefficient (Wildman–Crippen LogP) is 0.842. The zero-order valence-electron chi connectivity index (χ0n) is 7.87. The van der Waals surface area contributed by atoms with Crippen LogP contribution in [0.25, 0.3) is 5.65 Å². The number of rotatable bonds is 3. The summed E-state index contributed by atoms with van der Waals surface area (Å²) in [5.74, 6) is -1.04. The first-order valence-electron chi connectivity index (χ1n) is 4.50. The summed E-state index contributed by atoms with van der Waals surface area (Å²) in [4.78, 5) is 14.5. The average Bonchev–Trinajstić information content (AvgIpc) is 2.59. The summed E-state index contributed by atoms with van der Waals surface area (Å²) < 4.78 is 1.74. The summed E-state index contributed by atoms with van der Waals surface area (Å²) in [5.41, 5.74) is 1.07. The van der Waals surface area contributed by atoms with Crippen molar-refractivity contribution in [1.29, 1.82) is 0 Å². The van der Waals surface area contributed by atoms with E-state index in [0.717, 1.165) is 0 Å². The number of aromatic nitrogens is 2. The van der Waals surface area contributed by atoms with Gasteiger partial charge in [0, 0.05) is 12.4 Å². The molecule has 0 aliphatic carbocycles. The maximum Gasteiger partial charge on any atom is 0.306 e. The fourth-order valence-electron chi connectivity index (χ4n) is 1.38. The topological polar surface area (TPSA) is 74.8 Å². The number of imidazole rings is 1. The second kappa shape index (κ2) is 3.70. The molecule has 2 rings (SSSR count). The number of hydrogen-bond donors (Lipinski definition) is 2. The van der Waals surface area contributed by atoms with Gasteiger partial charge in [-0.2, -0.15) is 0 Å². The van der Waals surface area contributed by atoms with Crippen LogP contribution in [0, 0.1) is 0 Å². The van der Waals surface area contributed by atoms with Gasteiger partial charge in [0.15, 0.2) is 0 Å². The van der Waals surface area contributed by atoms with E-state index in [2.05, 4.69) is 4.98 Å². The number of aliphatic hydroxyl groups excluding tert-OH is 1. The Labute approximate surface area is 85.6 Å². The lowest BCUT2D eigenvalue weighted by molar-refractivity contribution is -0.139. The highest BCUT2D eigenvalue weighted by molar-refractivity contribution is 5.67. The number of hydrogen-bond acceptors (Lipinski definition) is 3. The summed E-state index contributed by atoms with van der Waals surface area (Å²) in [6.45, 7) is 0. The normalized spacial score (nSPS) is 12.9. The Bertz CT molecular complexity index is 459. The summed E-state index contributed by atoms with van der Waals surface area (Å²) in [6.07, 6.45) is 2.04. The summed E-state index contributed by atoms with van der Waals surface area (Å²) in [5, 5.41) is 18.1. The Morgan fingerprint density at radius 1 is 1.53 bits per heavy atom. The summed E-state index contributed by atoms with van der Waals surface area (Å²) in [7, 11) is 0. The van der Waals surface area contributed by atoms with Crippen LogP contribution in [-0.2, 0) is 4.79 Å². The summed E-state index contributed by atoms with van der Waals surface area (Å²) >= 11 is 0. The number of pyridine rings is 1. The standard InChI is InChI=1S/C10H10N2O3/c13-8(5-10(14)15)7-6-12-4-2-1-3-9(12)11-7/h1-4,6,8,13H,5H2,(H,14,15)/t8-/m1/s1. The van der Waals surface area contributed by atoms with E-state index in [1.807, 2.05) is 12.1 Å². The third kappa shape index (κ3) is 1.97. The van der Waals surface area contributed by atoms with Gasteiger partial charge in [0.05, 0.1) is 12.1 Å². The smallest absolute Gasteiger partial charge is 0.306 e. The van der Waals surface area contributed by atoms with Crippen molar-refractivity contribution >= 4 is 11.6 Å². The molecule has 0 saturated heterocycles. The van der Waals surface area contributed by atoms with E-state index in [-0.39, 0.29) is 6.42 Å². The zero-order valence-corrected chi connectivity index (χ0v) is 7.87. The Balaban J connectivity index is 2.32. The maximum absolute atomic E-state index is 10.4. The molecular weight excluding hydrogens is 196 g/mol. The van der Waals surface area contributed by atoms with Crippen LogP contribution in [0.15, 0.2) is 30.6 Å². The number of carboxylic acid groups (broad SMARTS) is 1. The van der Waals surface area contributed by atoms with Gasteiger partial charge in [-0.15, -0.1) is 0 Å². The van der Waals surface area contributed by atoms with E-state index in [9.17, 15) is 9.90 Å². The monoisotopic (exact) mass is 206 g/mol. The molecule has 0 amide bonds. The van der Waals surface area contributed by atoms with Crippen LogP contribution in [0.1, 0.15) is 18.2 Å². The van der Waals surface area contributed by atoms with Crippen molar-refractivity contribution < 1.29 is 15.0 Å². The van der Waals surface area contributed by atoms with Crippen LogP contribution in [0.5, 0.6) is 0 Å². The molecule has 5 nitrogen and oxygen atoms in total. The third-order valence-electron chi connectivity index (χ3n) is 2.09. The Hall–Kier alpha value is -1.88. The molecule has 5 heteroatoms. The Morgan fingerprint density at radius 3 is 3.00 bits per heavy atom. The van der Waals surface area contributed by atoms with Gasteiger partial charge in [-0.25, -0.2) is 4.98 Å². The molecule has 0 unspecified atom stereocenters. The lowest BCUT2D eigenvalue weighted by Crippen LogP contribution is -2.05. The van der Waals surface area contributed by atoms with E-state index < -0.39 is 12.1 Å². The fourth-order valence-corrected chi connectivity index (χ4v) is 1.38. The molecule has 0 bridgehead atoms. The van der Waals surface area contributed by atoms with Crippen LogP contribution in [0.4, 0.5) is 0 Å². The van der Waals surface area contributed by atoms with Gasteiger partial charge in [0.1, 0.15) is 11.8 Å². The molecule has 2 heterocycles. The average molecular weight is 206 g/mol. The fraction of sp³-hybridized carbons (Fsp3) is 0.200. The quantitative estimate of drug-likeness (QED) is 0.780. The number of fused-ring (bicyclic) bond motifs is 1. The first-order valence-corrected chi connectivity index (χ1v) is 4.50. The lowest BCUT2D eigenvalue weighted by atomic mass is 10.2. The molecule has 0 spiro atoms. The van der Waals surface area contributed by atoms with Gasteiger partial charge >= 0.3 is 5.97 Å². The number of carboxylic acids is 1. The first kappa shape index (κ1) is 9.67. The van der Waals surface area contributed by atoms with Crippen molar-refractivity contribution in [1.82, 2.24) is 9.38 Å². The van der Waals surface area contributed by atoms with E-state index in [4.69, 9.17) is 5.11 Å². The van der Waals surface area contributed by atoms with Gasteiger partial charge in [-0.05, 0) is 12.1 Å². The highest BCUT2D eigenvalue weighted by atomic mass is 16.4. The minimum Gasteiger partial charge on any atom is -0.481 e. The molecule has 15 heavy (non-hydrogen) atoms. The molecule has 78 valence electrons. The number of nitrogens with zero attached hydrogens (tertiary/aromatic N) is 2. The predicted molar refractivity (Wildman–Crippen MR) is 52.4 cm³/mol. The van der Waals surface area contributed by atoms with E-state index in [1.54, 1.807) is 22.9 Å². The lowest BCUT2D eigenvalue weighted by Gasteiger charge is -2.01. The number of aliphatic carboxylic acids is 1. The van der Waals surface area contributed by atoms with Gasteiger partial charge in [0.25, 0.3) is 0 Å². The second-order valence-electron chi connectivity index (χ2n) is 3.25. The van der Waals surface area contributed by atoms with Gasteiger partial charge in [-0.3, -0.25) is 4.79 Å². The van der Waals surface area contributed by atoms with Crippen LogP contribution in [-0.4, -0.2) is 25.6 Å². The Kier molecular flexibility index (Phi) is 2.39.